The van der Waals surface area contributed by atoms with Crippen LogP contribution in [-0.4, -0.2) is 63.3 Å². The Morgan fingerprint density at radius 2 is 2.00 bits per heavy atom. The molecule has 0 spiro atoms. The van der Waals surface area contributed by atoms with Gasteiger partial charge in [-0.05, 0) is 40.0 Å². The molecule has 10 heteroatoms. The Morgan fingerprint density at radius 1 is 1.23 bits per heavy atom. The van der Waals surface area contributed by atoms with E-state index in [1.807, 2.05) is 12.1 Å². The molecule has 3 aromatic rings. The zero-order chi connectivity index (χ0) is 22.3. The van der Waals surface area contributed by atoms with Crippen molar-refractivity contribution in [1.82, 2.24) is 24.6 Å². The van der Waals surface area contributed by atoms with E-state index in [2.05, 4.69) is 51.1 Å². The van der Waals surface area contributed by atoms with E-state index >= 15 is 0 Å². The van der Waals surface area contributed by atoms with Gasteiger partial charge in [0.25, 0.3) is 6.43 Å². The van der Waals surface area contributed by atoms with Crippen LogP contribution in [0.15, 0.2) is 24.5 Å². The maximum absolute atomic E-state index is 12.7. The van der Waals surface area contributed by atoms with Crippen molar-refractivity contribution in [2.45, 2.75) is 39.3 Å². The van der Waals surface area contributed by atoms with E-state index in [1.54, 1.807) is 13.1 Å². The van der Waals surface area contributed by atoms with Crippen LogP contribution in [0.3, 0.4) is 0 Å². The highest BCUT2D eigenvalue weighted by atomic mass is 35.5. The van der Waals surface area contributed by atoms with Crippen molar-refractivity contribution in [3.8, 4) is 0 Å². The molecule has 166 valence electrons. The summed E-state index contributed by atoms with van der Waals surface area (Å²) in [5.74, 6) is 0.374. The zero-order valence-corrected chi connectivity index (χ0v) is 18.8. The number of fused-ring (bicyclic) bond motifs is 1. The zero-order valence-electron chi connectivity index (χ0n) is 18.0. The molecule has 0 atom stereocenters. The van der Waals surface area contributed by atoms with Crippen LogP contribution in [0.1, 0.15) is 19.5 Å². The van der Waals surface area contributed by atoms with Gasteiger partial charge in [-0.3, -0.25) is 9.58 Å². The second kappa shape index (κ2) is 8.20. The number of benzene rings is 1. The van der Waals surface area contributed by atoms with Gasteiger partial charge < -0.3 is 10.2 Å². The predicted molar refractivity (Wildman–Crippen MR) is 120 cm³/mol. The van der Waals surface area contributed by atoms with Gasteiger partial charge >= 0.3 is 0 Å². The summed E-state index contributed by atoms with van der Waals surface area (Å²) in [6, 6.07) is 3.87. The molecule has 1 aliphatic heterocycles. The van der Waals surface area contributed by atoms with Crippen molar-refractivity contribution in [3.63, 3.8) is 0 Å². The molecular formula is C21H26ClF2N7. The van der Waals surface area contributed by atoms with Crippen molar-refractivity contribution in [2.24, 2.45) is 0 Å². The van der Waals surface area contributed by atoms with Gasteiger partial charge in [0.2, 0.25) is 5.95 Å². The summed E-state index contributed by atoms with van der Waals surface area (Å²) in [6.07, 6.45) is 0.740. The highest BCUT2D eigenvalue weighted by Gasteiger charge is 2.32. The van der Waals surface area contributed by atoms with E-state index < -0.39 is 13.0 Å². The highest BCUT2D eigenvalue weighted by molar-refractivity contribution is 6.34. The Kier molecular flexibility index (Phi) is 5.74. The lowest BCUT2D eigenvalue weighted by atomic mass is 9.99. The van der Waals surface area contributed by atoms with Gasteiger partial charge in [0.05, 0.1) is 33.8 Å². The molecule has 1 N–H and O–H groups in total. The minimum Gasteiger partial charge on any atom is -0.367 e. The second-order valence-electron chi connectivity index (χ2n) is 8.55. The summed E-state index contributed by atoms with van der Waals surface area (Å²) in [5, 5.41) is 8.60. The van der Waals surface area contributed by atoms with Crippen molar-refractivity contribution < 1.29 is 8.78 Å². The molecule has 7 nitrogen and oxygen atoms in total. The molecule has 0 amide bonds. The Morgan fingerprint density at radius 3 is 2.71 bits per heavy atom. The summed E-state index contributed by atoms with van der Waals surface area (Å²) >= 11 is 6.60. The first kappa shape index (κ1) is 21.7. The standard InChI is InChI=1S/C21H26ClF2N7/c1-13-17(10-26-31(13)11-19(23)24)28-20-25-9-14-7-15(22)18(8-16(14)27-20)30-6-5-29(4)21(2,3)12-30/h7-10,19H,5-6,11-12H2,1-4H3,(H,25,27,28). The molecule has 3 heterocycles. The number of rotatable bonds is 5. The quantitative estimate of drug-likeness (QED) is 0.625. The molecule has 0 bridgehead atoms. The Labute approximate surface area is 185 Å². The fraction of sp³-hybridized carbons (Fsp3) is 0.476. The number of anilines is 3. The van der Waals surface area contributed by atoms with Crippen molar-refractivity contribution >= 4 is 39.8 Å². The largest absolute Gasteiger partial charge is 0.367 e. The highest BCUT2D eigenvalue weighted by Crippen LogP contribution is 2.33. The van der Waals surface area contributed by atoms with Gasteiger partial charge in [0.1, 0.15) is 6.54 Å². The van der Waals surface area contributed by atoms with Crippen LogP contribution in [0.5, 0.6) is 0 Å². The minimum atomic E-state index is -2.47. The Hall–Kier alpha value is -2.52. The maximum Gasteiger partial charge on any atom is 0.257 e. The van der Waals surface area contributed by atoms with Crippen LogP contribution < -0.4 is 10.2 Å². The van der Waals surface area contributed by atoms with Crippen LogP contribution in [0, 0.1) is 6.92 Å². The molecule has 0 aliphatic carbocycles. The number of alkyl halides is 2. The molecule has 0 saturated carbocycles. The number of aromatic nitrogens is 4. The topological polar surface area (TPSA) is 62.1 Å². The summed E-state index contributed by atoms with van der Waals surface area (Å²) < 4.78 is 26.6. The lowest BCUT2D eigenvalue weighted by Crippen LogP contribution is -2.57. The normalized spacial score (nSPS) is 17.0. The molecule has 1 aliphatic rings. The van der Waals surface area contributed by atoms with Crippen LogP contribution in [-0.2, 0) is 6.54 Å². The molecule has 31 heavy (non-hydrogen) atoms. The monoisotopic (exact) mass is 449 g/mol. The SMILES string of the molecule is Cc1c(Nc2ncc3cc(Cl)c(N4CCN(C)C(C)(C)C4)cc3n2)cnn1CC(F)F. The molecule has 2 aromatic heterocycles. The lowest BCUT2D eigenvalue weighted by molar-refractivity contribution is 0.121. The third-order valence-electron chi connectivity index (χ3n) is 5.97. The number of nitrogens with one attached hydrogen (secondary N) is 1. The van der Waals surface area contributed by atoms with Gasteiger partial charge in [0, 0.05) is 36.8 Å². The van der Waals surface area contributed by atoms with Gasteiger partial charge in [-0.2, -0.15) is 5.10 Å². The van der Waals surface area contributed by atoms with E-state index in [0.29, 0.717) is 22.4 Å². The molecule has 1 aromatic carbocycles. The van der Waals surface area contributed by atoms with Gasteiger partial charge in [-0.25, -0.2) is 18.7 Å². The molecule has 4 rings (SSSR count). The summed E-state index contributed by atoms with van der Waals surface area (Å²) in [7, 11) is 2.13. The average molecular weight is 450 g/mol. The number of piperazine rings is 1. The fourth-order valence-electron chi connectivity index (χ4n) is 3.79. The van der Waals surface area contributed by atoms with E-state index in [1.165, 1.54) is 10.9 Å². The average Bonchev–Trinajstić information content (AvgIpc) is 3.02. The smallest absolute Gasteiger partial charge is 0.257 e. The van der Waals surface area contributed by atoms with Gasteiger partial charge in [0.15, 0.2) is 0 Å². The van der Waals surface area contributed by atoms with E-state index in [9.17, 15) is 8.78 Å². The van der Waals surface area contributed by atoms with Gasteiger partial charge in [-0.15, -0.1) is 0 Å². The molecule has 0 radical (unpaired) electrons. The molecule has 1 fully saturated rings. The third kappa shape index (κ3) is 4.43. The number of hydrogen-bond donors (Lipinski definition) is 1. The van der Waals surface area contributed by atoms with E-state index in [0.717, 1.165) is 36.2 Å². The molecule has 0 unspecified atom stereocenters. The minimum absolute atomic E-state index is 0.0326. The van der Waals surface area contributed by atoms with Crippen LogP contribution in [0.2, 0.25) is 5.02 Å². The number of hydrogen-bond acceptors (Lipinski definition) is 6. The number of halogens is 3. The Balaban J connectivity index is 1.62. The molecule has 1 saturated heterocycles. The van der Waals surface area contributed by atoms with Crippen molar-refractivity contribution in [3.05, 3.63) is 35.2 Å². The summed E-state index contributed by atoms with van der Waals surface area (Å²) in [6.45, 7) is 8.39. The Bertz CT molecular complexity index is 1100. The maximum atomic E-state index is 12.7. The van der Waals surface area contributed by atoms with Crippen LogP contribution >= 0.6 is 11.6 Å². The molecular weight excluding hydrogens is 424 g/mol. The van der Waals surface area contributed by atoms with E-state index in [-0.39, 0.29) is 5.54 Å². The first-order chi connectivity index (χ1) is 14.6. The number of nitrogens with zero attached hydrogens (tertiary/aromatic N) is 6. The second-order valence-corrected chi connectivity index (χ2v) is 8.96. The van der Waals surface area contributed by atoms with Crippen molar-refractivity contribution in [2.75, 3.05) is 36.9 Å². The summed E-state index contributed by atoms with van der Waals surface area (Å²) in [4.78, 5) is 13.6. The first-order valence-corrected chi connectivity index (χ1v) is 10.5. The third-order valence-corrected chi connectivity index (χ3v) is 6.27. The van der Waals surface area contributed by atoms with E-state index in [4.69, 9.17) is 11.6 Å². The summed E-state index contributed by atoms with van der Waals surface area (Å²) in [5.41, 5.74) is 2.92. The first-order valence-electron chi connectivity index (χ1n) is 10.1. The van der Waals surface area contributed by atoms with Gasteiger partial charge in [-0.1, -0.05) is 11.6 Å². The van der Waals surface area contributed by atoms with Crippen molar-refractivity contribution in [1.29, 1.82) is 0 Å². The van der Waals surface area contributed by atoms with Crippen LogP contribution in [0.25, 0.3) is 10.9 Å². The lowest BCUT2D eigenvalue weighted by Gasteiger charge is -2.46. The number of likely N-dealkylation sites (N-methyl/N-ethyl adjacent to an activating group) is 1. The predicted octanol–water partition coefficient (Wildman–Crippen LogP) is 4.33. The van der Waals surface area contributed by atoms with Crippen LogP contribution in [0.4, 0.5) is 26.1 Å². The fourth-order valence-corrected chi connectivity index (χ4v) is 4.08.